The Hall–Kier alpha value is -3.53. The van der Waals surface area contributed by atoms with Gasteiger partial charge < -0.3 is 15.7 Å². The molecule has 6 nitrogen and oxygen atoms in total. The highest BCUT2D eigenvalue weighted by Crippen LogP contribution is 2.59. The largest absolute Gasteiger partial charge is 0.395 e. The van der Waals surface area contributed by atoms with Crippen molar-refractivity contribution < 1.29 is 5.11 Å². The van der Waals surface area contributed by atoms with Crippen LogP contribution < -0.4 is 10.6 Å². The van der Waals surface area contributed by atoms with Crippen LogP contribution in [-0.4, -0.2) is 42.4 Å². The fourth-order valence-electron chi connectivity index (χ4n) is 4.56. The number of aliphatic hydroxyl groups is 1. The maximum Gasteiger partial charge on any atom is 0.135 e. The van der Waals surface area contributed by atoms with E-state index in [1.807, 2.05) is 60.9 Å². The van der Waals surface area contributed by atoms with E-state index in [-0.39, 0.29) is 18.4 Å². The number of benzene rings is 2. The first-order valence-electron chi connectivity index (χ1n) is 10.5. The van der Waals surface area contributed by atoms with Crippen LogP contribution in [0.2, 0.25) is 0 Å². The molecule has 3 aliphatic rings. The molecule has 0 bridgehead atoms. The van der Waals surface area contributed by atoms with Crippen LogP contribution in [0.1, 0.15) is 5.56 Å². The minimum Gasteiger partial charge on any atom is -0.395 e. The van der Waals surface area contributed by atoms with Crippen molar-refractivity contribution in [2.75, 3.05) is 25.0 Å². The number of fused-ring (bicyclic) bond motifs is 1. The lowest BCUT2D eigenvalue weighted by molar-refractivity contribution is 0.294. The van der Waals surface area contributed by atoms with E-state index >= 15 is 0 Å². The fraction of sp³-hybridized carbons (Fsp3) is 0.240. The summed E-state index contributed by atoms with van der Waals surface area (Å²) >= 11 is 0. The third-order valence-electron chi connectivity index (χ3n) is 6.14. The van der Waals surface area contributed by atoms with E-state index in [9.17, 15) is 5.26 Å². The first kappa shape index (κ1) is 19.4. The lowest BCUT2D eigenvalue weighted by Crippen LogP contribution is -2.34. The Kier molecular flexibility index (Phi) is 4.99. The van der Waals surface area contributed by atoms with Crippen molar-refractivity contribution in [2.24, 2.45) is 21.8 Å². The number of nitriles is 1. The molecule has 6 heteroatoms. The van der Waals surface area contributed by atoms with E-state index in [1.54, 1.807) is 0 Å². The molecular formula is C25H23N5O. The zero-order valence-electron chi connectivity index (χ0n) is 17.0. The molecule has 2 aliphatic heterocycles. The number of rotatable bonds is 6. The molecule has 2 heterocycles. The van der Waals surface area contributed by atoms with Crippen LogP contribution in [0, 0.1) is 23.2 Å². The molecule has 0 amide bonds. The van der Waals surface area contributed by atoms with Gasteiger partial charge in [0.1, 0.15) is 17.4 Å². The van der Waals surface area contributed by atoms with E-state index in [2.05, 4.69) is 33.8 Å². The molecule has 154 valence electrons. The minimum absolute atomic E-state index is 0.118. The maximum absolute atomic E-state index is 9.93. The predicted octanol–water partition coefficient (Wildman–Crippen LogP) is 3.14. The van der Waals surface area contributed by atoms with Gasteiger partial charge in [-0.2, -0.15) is 5.26 Å². The molecule has 3 unspecified atom stereocenters. The molecule has 2 aromatic carbocycles. The zero-order chi connectivity index (χ0) is 21.3. The van der Waals surface area contributed by atoms with E-state index < -0.39 is 5.54 Å². The summed E-state index contributed by atoms with van der Waals surface area (Å²) < 4.78 is 0. The summed E-state index contributed by atoms with van der Waals surface area (Å²) in [5, 5.41) is 25.5. The van der Waals surface area contributed by atoms with Crippen LogP contribution >= 0.6 is 0 Å². The smallest absolute Gasteiger partial charge is 0.135 e. The summed E-state index contributed by atoms with van der Waals surface area (Å²) in [5.74, 6) is 1.29. The predicted molar refractivity (Wildman–Crippen MR) is 123 cm³/mol. The first-order chi connectivity index (χ1) is 15.3. The summed E-state index contributed by atoms with van der Waals surface area (Å²) in [4.78, 5) is 9.53. The molecule has 3 N–H and O–H groups in total. The van der Waals surface area contributed by atoms with Gasteiger partial charge in [0.15, 0.2) is 0 Å². The van der Waals surface area contributed by atoms with Gasteiger partial charge in [-0.25, -0.2) is 4.99 Å². The molecule has 0 saturated heterocycles. The number of nitrogens with one attached hydrogen (secondary N) is 2. The fourth-order valence-corrected chi connectivity index (χ4v) is 4.56. The standard InChI is InChI=1S/C25H23N5O/c26-14-20-19(18-5-2-1-3-6-18)7-4-8-23(20)30-24-25-21(9-10-28-24)22(25)13-17(16-29-25)15-27-11-12-31/h1-10,13,16,21-22,27,31H,11-12,15H2,(H,28,30). The van der Waals surface area contributed by atoms with Crippen molar-refractivity contribution in [3.05, 3.63) is 78.0 Å². The average Bonchev–Trinajstić information content (AvgIpc) is 3.49. The van der Waals surface area contributed by atoms with Crippen LogP contribution in [0.4, 0.5) is 5.69 Å². The Morgan fingerprint density at radius 2 is 1.97 bits per heavy atom. The Balaban J connectivity index is 1.42. The molecule has 31 heavy (non-hydrogen) atoms. The summed E-state index contributed by atoms with van der Waals surface area (Å²) in [7, 11) is 0. The van der Waals surface area contributed by atoms with Crippen LogP contribution in [0.3, 0.4) is 0 Å². The molecular weight excluding hydrogens is 386 g/mol. The van der Waals surface area contributed by atoms with Gasteiger partial charge in [-0.3, -0.25) is 4.99 Å². The normalized spacial score (nSPS) is 25.0. The molecule has 1 fully saturated rings. The van der Waals surface area contributed by atoms with Crippen LogP contribution in [0.25, 0.3) is 11.1 Å². The van der Waals surface area contributed by atoms with Gasteiger partial charge >= 0.3 is 0 Å². The van der Waals surface area contributed by atoms with Gasteiger partial charge in [0, 0.05) is 42.9 Å². The summed E-state index contributed by atoms with van der Waals surface area (Å²) in [6.45, 7) is 1.37. The van der Waals surface area contributed by atoms with Gasteiger partial charge in [-0.05, 0) is 17.2 Å². The summed E-state index contributed by atoms with van der Waals surface area (Å²) in [6.07, 6.45) is 8.10. The number of aliphatic hydroxyl groups excluding tert-OH is 1. The van der Waals surface area contributed by atoms with Gasteiger partial charge in [0.05, 0.1) is 17.9 Å². The number of aliphatic imine (C=N–C) groups is 2. The Labute approximate surface area is 181 Å². The Bertz CT molecular complexity index is 1160. The van der Waals surface area contributed by atoms with E-state index in [0.29, 0.717) is 18.7 Å². The van der Waals surface area contributed by atoms with E-state index in [1.165, 1.54) is 0 Å². The molecule has 0 aromatic heterocycles. The highest BCUT2D eigenvalue weighted by atomic mass is 16.3. The monoisotopic (exact) mass is 409 g/mol. The van der Waals surface area contributed by atoms with Gasteiger partial charge in [0.2, 0.25) is 0 Å². The average molecular weight is 409 g/mol. The second-order valence-corrected chi connectivity index (χ2v) is 7.93. The van der Waals surface area contributed by atoms with Crippen LogP contribution in [-0.2, 0) is 0 Å². The van der Waals surface area contributed by atoms with Crippen molar-refractivity contribution in [2.45, 2.75) is 5.54 Å². The number of anilines is 1. The Morgan fingerprint density at radius 1 is 1.10 bits per heavy atom. The molecule has 0 radical (unpaired) electrons. The number of hydrogen-bond acceptors (Lipinski definition) is 6. The first-order valence-corrected chi connectivity index (χ1v) is 10.5. The number of hydrogen-bond donors (Lipinski definition) is 3. The Morgan fingerprint density at radius 3 is 2.77 bits per heavy atom. The topological polar surface area (TPSA) is 92.8 Å². The van der Waals surface area contributed by atoms with Crippen molar-refractivity contribution in [3.8, 4) is 17.2 Å². The summed E-state index contributed by atoms with van der Waals surface area (Å²) in [5.41, 5.74) is 3.95. The number of dihydropyridines is 1. The molecule has 1 saturated carbocycles. The van der Waals surface area contributed by atoms with Crippen molar-refractivity contribution in [1.29, 1.82) is 5.26 Å². The second kappa shape index (κ2) is 7.95. The van der Waals surface area contributed by atoms with Gasteiger partial charge in [-0.1, -0.05) is 54.6 Å². The second-order valence-electron chi connectivity index (χ2n) is 7.93. The molecule has 5 rings (SSSR count). The summed E-state index contributed by atoms with van der Waals surface area (Å²) in [6, 6.07) is 18.1. The van der Waals surface area contributed by atoms with E-state index in [4.69, 9.17) is 10.1 Å². The maximum atomic E-state index is 9.93. The number of nitrogens with zero attached hydrogens (tertiary/aromatic N) is 3. The van der Waals surface area contributed by atoms with Crippen molar-refractivity contribution >= 4 is 17.7 Å². The SMILES string of the molecule is N#Cc1c(NC2=NC=CC3C4C=C(CNCCO)C=NC234)cccc1-c1ccccc1. The third kappa shape index (κ3) is 3.28. The van der Waals surface area contributed by atoms with E-state index in [0.717, 1.165) is 28.2 Å². The van der Waals surface area contributed by atoms with Crippen LogP contribution in [0.15, 0.2) is 82.4 Å². The lowest BCUT2D eigenvalue weighted by atomic mass is 9.98. The molecule has 3 atom stereocenters. The highest BCUT2D eigenvalue weighted by Gasteiger charge is 2.68. The van der Waals surface area contributed by atoms with Gasteiger partial charge in [-0.15, -0.1) is 0 Å². The molecule has 1 aliphatic carbocycles. The lowest BCUT2D eigenvalue weighted by Gasteiger charge is -2.22. The van der Waals surface area contributed by atoms with Gasteiger partial charge in [0.25, 0.3) is 0 Å². The van der Waals surface area contributed by atoms with Crippen molar-refractivity contribution in [3.63, 3.8) is 0 Å². The molecule has 1 spiro atoms. The third-order valence-corrected chi connectivity index (χ3v) is 6.14. The highest BCUT2D eigenvalue weighted by molar-refractivity contribution is 6.10. The zero-order valence-corrected chi connectivity index (χ0v) is 17.0. The quantitative estimate of drug-likeness (QED) is 0.639. The minimum atomic E-state index is -0.412. The van der Waals surface area contributed by atoms with Crippen molar-refractivity contribution in [1.82, 2.24) is 5.32 Å². The number of amidine groups is 1. The molecule has 2 aromatic rings. The van der Waals surface area contributed by atoms with Crippen LogP contribution in [0.5, 0.6) is 0 Å².